The number of hydrogen-bond acceptors (Lipinski definition) is 1. The maximum absolute atomic E-state index is 2.52. The van der Waals surface area contributed by atoms with E-state index in [0.717, 1.165) is 19.6 Å². The average molecular weight is 267 g/mol. The van der Waals surface area contributed by atoms with Crippen molar-refractivity contribution in [1.82, 2.24) is 4.90 Å². The van der Waals surface area contributed by atoms with Gasteiger partial charge in [-0.25, -0.2) is 0 Å². The molecule has 2 aromatic rings. The quantitative estimate of drug-likeness (QED) is 0.738. The molecule has 0 heterocycles. The van der Waals surface area contributed by atoms with Gasteiger partial charge in [0.2, 0.25) is 0 Å². The Kier molecular flexibility index (Phi) is 5.37. The van der Waals surface area contributed by atoms with E-state index in [1.54, 1.807) is 0 Å². The Hall–Kier alpha value is -1.60. The number of benzene rings is 2. The molecule has 1 unspecified atom stereocenters. The Morgan fingerprint density at radius 3 is 2.20 bits per heavy atom. The largest absolute Gasteiger partial charge is 0.299 e. The van der Waals surface area contributed by atoms with Gasteiger partial charge in [-0.3, -0.25) is 4.90 Å². The van der Waals surface area contributed by atoms with Gasteiger partial charge in [-0.05, 0) is 30.5 Å². The van der Waals surface area contributed by atoms with Gasteiger partial charge in [0.05, 0.1) is 0 Å². The standard InChI is InChI=1S/C19H25N/c1-4-20(15-18-12-10-16(2)11-13-18)14-17(3)19-8-6-5-7-9-19/h5-13,17H,4,14-15H2,1-3H3. The fraction of sp³-hybridized carbons (Fsp3) is 0.368. The molecule has 0 fully saturated rings. The average Bonchev–Trinajstić information content (AvgIpc) is 2.49. The Balaban J connectivity index is 1.97. The summed E-state index contributed by atoms with van der Waals surface area (Å²) in [6.07, 6.45) is 0. The van der Waals surface area contributed by atoms with Crippen molar-refractivity contribution in [2.75, 3.05) is 13.1 Å². The molecule has 0 saturated heterocycles. The lowest BCUT2D eigenvalue weighted by atomic mass is 10.0. The van der Waals surface area contributed by atoms with E-state index in [9.17, 15) is 0 Å². The molecule has 0 aromatic heterocycles. The van der Waals surface area contributed by atoms with E-state index < -0.39 is 0 Å². The van der Waals surface area contributed by atoms with Crippen LogP contribution in [0.3, 0.4) is 0 Å². The Morgan fingerprint density at radius 1 is 0.950 bits per heavy atom. The zero-order valence-electron chi connectivity index (χ0n) is 12.8. The Bertz CT molecular complexity index is 501. The Labute approximate surface area is 123 Å². The molecule has 2 rings (SSSR count). The molecule has 0 N–H and O–H groups in total. The van der Waals surface area contributed by atoms with Crippen LogP contribution >= 0.6 is 0 Å². The van der Waals surface area contributed by atoms with Gasteiger partial charge >= 0.3 is 0 Å². The van der Waals surface area contributed by atoms with Crippen molar-refractivity contribution in [1.29, 1.82) is 0 Å². The number of likely N-dealkylation sites (N-methyl/N-ethyl adjacent to an activating group) is 1. The molecule has 0 amide bonds. The highest BCUT2D eigenvalue weighted by molar-refractivity contribution is 5.22. The van der Waals surface area contributed by atoms with E-state index in [-0.39, 0.29) is 0 Å². The van der Waals surface area contributed by atoms with Gasteiger partial charge in [0, 0.05) is 13.1 Å². The fourth-order valence-electron chi connectivity index (χ4n) is 2.53. The van der Waals surface area contributed by atoms with E-state index in [0.29, 0.717) is 5.92 Å². The molecular weight excluding hydrogens is 242 g/mol. The maximum atomic E-state index is 2.52. The van der Waals surface area contributed by atoms with Crippen LogP contribution in [0.15, 0.2) is 54.6 Å². The lowest BCUT2D eigenvalue weighted by molar-refractivity contribution is 0.266. The predicted octanol–water partition coefficient (Wildman–Crippen LogP) is 4.62. The summed E-state index contributed by atoms with van der Waals surface area (Å²) in [6, 6.07) is 19.7. The monoisotopic (exact) mass is 267 g/mol. The van der Waals surface area contributed by atoms with Gasteiger partial charge in [0.25, 0.3) is 0 Å². The molecule has 2 aromatic carbocycles. The van der Waals surface area contributed by atoms with Crippen LogP contribution in [-0.2, 0) is 6.54 Å². The van der Waals surface area contributed by atoms with Gasteiger partial charge in [-0.2, -0.15) is 0 Å². The van der Waals surface area contributed by atoms with E-state index in [2.05, 4.69) is 80.3 Å². The summed E-state index contributed by atoms with van der Waals surface area (Å²) in [6.45, 7) is 9.92. The minimum atomic E-state index is 0.571. The van der Waals surface area contributed by atoms with E-state index in [1.165, 1.54) is 16.7 Å². The smallest absolute Gasteiger partial charge is 0.0233 e. The topological polar surface area (TPSA) is 3.24 Å². The van der Waals surface area contributed by atoms with Gasteiger partial charge in [-0.1, -0.05) is 74.0 Å². The minimum Gasteiger partial charge on any atom is -0.299 e. The zero-order chi connectivity index (χ0) is 14.4. The van der Waals surface area contributed by atoms with Gasteiger partial charge in [-0.15, -0.1) is 0 Å². The molecule has 1 atom stereocenters. The van der Waals surface area contributed by atoms with Crippen LogP contribution in [0.1, 0.15) is 36.5 Å². The van der Waals surface area contributed by atoms with Crippen molar-refractivity contribution in [3.63, 3.8) is 0 Å². The molecule has 0 saturated carbocycles. The summed E-state index contributed by atoms with van der Waals surface area (Å²) in [5, 5.41) is 0. The highest BCUT2D eigenvalue weighted by Gasteiger charge is 2.10. The van der Waals surface area contributed by atoms with Crippen molar-refractivity contribution in [3.05, 3.63) is 71.3 Å². The van der Waals surface area contributed by atoms with Crippen LogP contribution in [0, 0.1) is 6.92 Å². The normalized spacial score (nSPS) is 12.6. The van der Waals surface area contributed by atoms with Crippen LogP contribution < -0.4 is 0 Å². The highest BCUT2D eigenvalue weighted by atomic mass is 15.1. The molecule has 1 heteroatoms. The van der Waals surface area contributed by atoms with Crippen LogP contribution in [0.4, 0.5) is 0 Å². The summed E-state index contributed by atoms with van der Waals surface area (Å²) in [5.41, 5.74) is 4.15. The summed E-state index contributed by atoms with van der Waals surface area (Å²) < 4.78 is 0. The molecule has 1 nitrogen and oxygen atoms in total. The first-order valence-corrected chi connectivity index (χ1v) is 7.52. The summed E-state index contributed by atoms with van der Waals surface area (Å²) in [7, 11) is 0. The maximum Gasteiger partial charge on any atom is 0.0233 e. The molecule has 0 aliphatic heterocycles. The summed E-state index contributed by atoms with van der Waals surface area (Å²) in [5.74, 6) is 0.571. The molecule has 0 aliphatic rings. The first-order valence-electron chi connectivity index (χ1n) is 7.52. The lowest BCUT2D eigenvalue weighted by Crippen LogP contribution is -2.27. The first-order chi connectivity index (χ1) is 9.69. The molecule has 20 heavy (non-hydrogen) atoms. The molecule has 0 radical (unpaired) electrons. The SMILES string of the molecule is CCN(Cc1ccc(C)cc1)CC(C)c1ccccc1. The third-order valence-electron chi connectivity index (χ3n) is 3.87. The summed E-state index contributed by atoms with van der Waals surface area (Å²) in [4.78, 5) is 2.52. The molecule has 0 aliphatic carbocycles. The van der Waals surface area contributed by atoms with Gasteiger partial charge < -0.3 is 0 Å². The van der Waals surface area contributed by atoms with E-state index in [4.69, 9.17) is 0 Å². The zero-order valence-corrected chi connectivity index (χ0v) is 12.8. The second-order valence-corrected chi connectivity index (χ2v) is 5.63. The van der Waals surface area contributed by atoms with Crippen molar-refractivity contribution in [2.24, 2.45) is 0 Å². The van der Waals surface area contributed by atoms with Crippen molar-refractivity contribution in [3.8, 4) is 0 Å². The Morgan fingerprint density at radius 2 is 1.60 bits per heavy atom. The van der Waals surface area contributed by atoms with Crippen molar-refractivity contribution in [2.45, 2.75) is 33.2 Å². The number of rotatable bonds is 6. The first kappa shape index (κ1) is 14.8. The van der Waals surface area contributed by atoms with Crippen LogP contribution in [0.2, 0.25) is 0 Å². The van der Waals surface area contributed by atoms with E-state index >= 15 is 0 Å². The van der Waals surface area contributed by atoms with Crippen LogP contribution in [-0.4, -0.2) is 18.0 Å². The third kappa shape index (κ3) is 4.21. The molecular formula is C19H25N. The minimum absolute atomic E-state index is 0.571. The van der Waals surface area contributed by atoms with Crippen LogP contribution in [0.25, 0.3) is 0 Å². The predicted molar refractivity (Wildman–Crippen MR) is 87.0 cm³/mol. The third-order valence-corrected chi connectivity index (χ3v) is 3.87. The molecule has 0 bridgehead atoms. The second kappa shape index (κ2) is 7.25. The molecule has 106 valence electrons. The second-order valence-electron chi connectivity index (χ2n) is 5.63. The number of hydrogen-bond donors (Lipinski definition) is 0. The van der Waals surface area contributed by atoms with Crippen molar-refractivity contribution >= 4 is 0 Å². The van der Waals surface area contributed by atoms with Crippen molar-refractivity contribution < 1.29 is 0 Å². The summed E-state index contributed by atoms with van der Waals surface area (Å²) >= 11 is 0. The molecule has 0 spiro atoms. The highest BCUT2D eigenvalue weighted by Crippen LogP contribution is 2.17. The lowest BCUT2D eigenvalue weighted by Gasteiger charge is -2.24. The van der Waals surface area contributed by atoms with Gasteiger partial charge in [0.15, 0.2) is 0 Å². The fourth-order valence-corrected chi connectivity index (χ4v) is 2.53. The number of nitrogens with zero attached hydrogens (tertiary/aromatic N) is 1. The van der Waals surface area contributed by atoms with E-state index in [1.807, 2.05) is 0 Å². The number of aryl methyl sites for hydroxylation is 1. The van der Waals surface area contributed by atoms with Crippen LogP contribution in [0.5, 0.6) is 0 Å². The van der Waals surface area contributed by atoms with Gasteiger partial charge in [0.1, 0.15) is 0 Å².